The summed E-state index contributed by atoms with van der Waals surface area (Å²) in [5.74, 6) is 0.553. The van der Waals surface area contributed by atoms with Gasteiger partial charge in [-0.25, -0.2) is 0 Å². The van der Waals surface area contributed by atoms with Gasteiger partial charge in [0.2, 0.25) is 11.8 Å². The predicted molar refractivity (Wildman–Crippen MR) is 122 cm³/mol. The van der Waals surface area contributed by atoms with Crippen LogP contribution in [0.3, 0.4) is 0 Å². The van der Waals surface area contributed by atoms with Gasteiger partial charge in [0, 0.05) is 32.7 Å². The Bertz CT molecular complexity index is 927. The van der Waals surface area contributed by atoms with Crippen LogP contribution in [0.25, 0.3) is 0 Å². The van der Waals surface area contributed by atoms with E-state index in [0.717, 1.165) is 50.6 Å². The highest BCUT2D eigenvalue weighted by Gasteiger charge is 2.32. The van der Waals surface area contributed by atoms with Crippen LogP contribution < -0.4 is 9.64 Å². The topological polar surface area (TPSA) is 102 Å². The van der Waals surface area contributed by atoms with E-state index in [1.807, 2.05) is 32.0 Å². The van der Waals surface area contributed by atoms with E-state index in [9.17, 15) is 20.4 Å². The lowest BCUT2D eigenvalue weighted by molar-refractivity contribution is 0.184. The molecule has 4 N–H and O–H groups in total. The molecule has 0 saturated carbocycles. The van der Waals surface area contributed by atoms with E-state index in [2.05, 4.69) is 15.9 Å². The first-order chi connectivity index (χ1) is 15.4. The Balaban J connectivity index is 1.32. The summed E-state index contributed by atoms with van der Waals surface area (Å²) in [6, 6.07) is 8.15. The summed E-state index contributed by atoms with van der Waals surface area (Å²) in [7, 11) is 0. The van der Waals surface area contributed by atoms with Crippen molar-refractivity contribution in [3.63, 3.8) is 0 Å². The highest BCUT2D eigenvalue weighted by atomic mass is 16.5. The largest absolute Gasteiger partial charge is 0.494 e. The maximum absolute atomic E-state index is 10.5. The van der Waals surface area contributed by atoms with E-state index in [1.54, 1.807) is 0 Å². The molecule has 0 spiro atoms. The van der Waals surface area contributed by atoms with Gasteiger partial charge in [-0.2, -0.15) is 0 Å². The number of benzene rings is 1. The minimum absolute atomic E-state index is 0.127. The zero-order chi connectivity index (χ0) is 22.8. The van der Waals surface area contributed by atoms with Crippen molar-refractivity contribution in [1.82, 2.24) is 9.47 Å². The summed E-state index contributed by atoms with van der Waals surface area (Å²) >= 11 is 0. The third kappa shape index (κ3) is 4.44. The standard InChI is InChI=1S/C24H33N3O5/c1-16(2)32-20-7-4-3-6-17(20)26-14-12-25(13-15-26)10-5-11-27-23(30)21-18(28)8-9-19(29)22(21)24(27)31/h3-4,6-9,16,18-19,28-31H,5,10-15H2,1-2H3. The van der Waals surface area contributed by atoms with Crippen molar-refractivity contribution < 1.29 is 25.2 Å². The van der Waals surface area contributed by atoms with Crippen molar-refractivity contribution in [1.29, 1.82) is 0 Å². The van der Waals surface area contributed by atoms with Gasteiger partial charge in [-0.3, -0.25) is 9.47 Å². The van der Waals surface area contributed by atoms with Gasteiger partial charge in [0.25, 0.3) is 0 Å². The Kier molecular flexibility index (Phi) is 6.64. The number of ether oxygens (including phenoxy) is 1. The molecule has 174 valence electrons. The van der Waals surface area contributed by atoms with E-state index in [4.69, 9.17) is 4.74 Å². The number of aliphatic hydroxyl groups is 2. The molecule has 4 rings (SSSR count). The lowest BCUT2D eigenvalue weighted by Crippen LogP contribution is -2.46. The van der Waals surface area contributed by atoms with Gasteiger partial charge in [-0.05, 0) is 38.9 Å². The number of fused-ring (bicyclic) bond motifs is 1. The molecule has 8 heteroatoms. The SMILES string of the molecule is CC(C)Oc1ccccc1N1CCN(CCCn2c(O)c3c(c2O)C(O)C=CC3O)CC1. The van der Waals surface area contributed by atoms with Crippen molar-refractivity contribution in [2.75, 3.05) is 37.6 Å². The number of aromatic hydroxyl groups is 2. The molecule has 1 aromatic heterocycles. The van der Waals surface area contributed by atoms with Crippen LogP contribution in [0.4, 0.5) is 5.69 Å². The molecule has 2 aliphatic rings. The summed E-state index contributed by atoms with van der Waals surface area (Å²) in [4.78, 5) is 4.72. The number of para-hydroxylation sites is 2. The van der Waals surface area contributed by atoms with Gasteiger partial charge in [0.1, 0.15) is 18.0 Å². The third-order valence-electron chi connectivity index (χ3n) is 6.15. The molecule has 32 heavy (non-hydrogen) atoms. The number of anilines is 1. The fraction of sp³-hybridized carbons (Fsp3) is 0.500. The first-order valence-corrected chi connectivity index (χ1v) is 11.3. The fourth-order valence-electron chi connectivity index (χ4n) is 4.57. The van der Waals surface area contributed by atoms with E-state index < -0.39 is 12.2 Å². The predicted octanol–water partition coefficient (Wildman–Crippen LogP) is 2.54. The summed E-state index contributed by atoms with van der Waals surface area (Å²) in [5.41, 5.74) is 1.50. The van der Waals surface area contributed by atoms with Gasteiger partial charge in [0.15, 0.2) is 0 Å². The molecule has 1 aliphatic carbocycles. The van der Waals surface area contributed by atoms with Crippen LogP contribution in [-0.4, -0.2) is 68.7 Å². The van der Waals surface area contributed by atoms with Crippen LogP contribution in [0.15, 0.2) is 36.4 Å². The summed E-state index contributed by atoms with van der Waals surface area (Å²) in [6.45, 7) is 8.91. The minimum Gasteiger partial charge on any atom is -0.494 e. The number of hydrogen-bond donors (Lipinski definition) is 4. The van der Waals surface area contributed by atoms with E-state index in [0.29, 0.717) is 6.54 Å². The monoisotopic (exact) mass is 443 g/mol. The second-order valence-electron chi connectivity index (χ2n) is 8.72. The van der Waals surface area contributed by atoms with E-state index in [1.165, 1.54) is 16.7 Å². The van der Waals surface area contributed by atoms with Crippen LogP contribution in [0.5, 0.6) is 17.5 Å². The first kappa shape index (κ1) is 22.5. The maximum atomic E-state index is 10.5. The Labute approximate surface area is 188 Å². The molecule has 1 aromatic carbocycles. The molecule has 2 aromatic rings. The van der Waals surface area contributed by atoms with Crippen molar-refractivity contribution in [2.24, 2.45) is 0 Å². The molecular weight excluding hydrogens is 410 g/mol. The number of aromatic nitrogens is 1. The fourth-order valence-corrected chi connectivity index (χ4v) is 4.57. The van der Waals surface area contributed by atoms with Crippen LogP contribution in [0, 0.1) is 0 Å². The first-order valence-electron chi connectivity index (χ1n) is 11.3. The number of hydrogen-bond acceptors (Lipinski definition) is 7. The quantitative estimate of drug-likeness (QED) is 0.488. The van der Waals surface area contributed by atoms with Crippen molar-refractivity contribution >= 4 is 5.69 Å². The maximum Gasteiger partial charge on any atom is 0.200 e. The smallest absolute Gasteiger partial charge is 0.200 e. The van der Waals surface area contributed by atoms with Crippen LogP contribution in [0.2, 0.25) is 0 Å². The highest BCUT2D eigenvalue weighted by Crippen LogP contribution is 2.44. The second-order valence-corrected chi connectivity index (χ2v) is 8.72. The van der Waals surface area contributed by atoms with Gasteiger partial charge in [0.05, 0.1) is 22.9 Å². The molecule has 2 heterocycles. The second kappa shape index (κ2) is 9.44. The molecule has 1 fully saturated rings. The third-order valence-corrected chi connectivity index (χ3v) is 6.15. The van der Waals surface area contributed by atoms with E-state index >= 15 is 0 Å². The van der Waals surface area contributed by atoms with Crippen molar-refractivity contribution in [2.45, 2.75) is 45.1 Å². The Morgan fingerprint density at radius 3 is 2.09 bits per heavy atom. The average Bonchev–Trinajstić information content (AvgIpc) is 3.03. The molecule has 0 bridgehead atoms. The Morgan fingerprint density at radius 1 is 0.906 bits per heavy atom. The normalized spacial score (nSPS) is 21.2. The molecule has 2 atom stereocenters. The Morgan fingerprint density at radius 2 is 1.50 bits per heavy atom. The lowest BCUT2D eigenvalue weighted by Gasteiger charge is -2.37. The van der Waals surface area contributed by atoms with Crippen molar-refractivity contribution in [3.05, 3.63) is 47.5 Å². The lowest BCUT2D eigenvalue weighted by atomic mass is 9.96. The molecule has 0 radical (unpaired) electrons. The molecule has 2 unspecified atom stereocenters. The van der Waals surface area contributed by atoms with Crippen LogP contribution in [-0.2, 0) is 6.54 Å². The minimum atomic E-state index is -1.03. The zero-order valence-corrected chi connectivity index (χ0v) is 18.7. The van der Waals surface area contributed by atoms with E-state index in [-0.39, 0.29) is 29.0 Å². The zero-order valence-electron chi connectivity index (χ0n) is 18.7. The van der Waals surface area contributed by atoms with Crippen LogP contribution >= 0.6 is 0 Å². The van der Waals surface area contributed by atoms with Gasteiger partial charge >= 0.3 is 0 Å². The Hall–Kier alpha value is -2.68. The molecular formula is C24H33N3O5. The number of rotatable bonds is 7. The molecule has 8 nitrogen and oxygen atoms in total. The summed E-state index contributed by atoms with van der Waals surface area (Å²) in [5, 5.41) is 41.2. The number of nitrogens with zero attached hydrogens (tertiary/aromatic N) is 3. The number of piperazine rings is 1. The van der Waals surface area contributed by atoms with Gasteiger partial charge < -0.3 is 30.1 Å². The van der Waals surface area contributed by atoms with Gasteiger partial charge in [-0.1, -0.05) is 24.3 Å². The molecule has 0 amide bonds. The average molecular weight is 444 g/mol. The molecule has 1 saturated heterocycles. The molecule has 1 aliphatic heterocycles. The number of aliphatic hydroxyl groups excluding tert-OH is 2. The van der Waals surface area contributed by atoms with Crippen LogP contribution in [0.1, 0.15) is 43.6 Å². The summed E-state index contributed by atoms with van der Waals surface area (Å²) in [6.07, 6.45) is 1.62. The van der Waals surface area contributed by atoms with Crippen molar-refractivity contribution in [3.8, 4) is 17.5 Å². The summed E-state index contributed by atoms with van der Waals surface area (Å²) < 4.78 is 7.34. The highest BCUT2D eigenvalue weighted by molar-refractivity contribution is 5.58. The van der Waals surface area contributed by atoms with Gasteiger partial charge in [-0.15, -0.1) is 0 Å².